The van der Waals surface area contributed by atoms with Gasteiger partial charge in [0.15, 0.2) is 0 Å². The molecule has 1 aromatic heterocycles. The maximum Gasteiger partial charge on any atom is 0.273 e. The summed E-state index contributed by atoms with van der Waals surface area (Å²) in [4.78, 5) is 21.7. The number of methoxy groups -OCH3 is 1. The number of rotatable bonds is 8. The Balaban J connectivity index is 1.32. The number of carbonyl (C=O) groups is 1. The number of benzene rings is 2. The molecule has 32 heavy (non-hydrogen) atoms. The molecule has 1 fully saturated rings. The van der Waals surface area contributed by atoms with Gasteiger partial charge in [-0.1, -0.05) is 23.7 Å². The molecule has 0 atom stereocenters. The fourth-order valence-electron chi connectivity index (χ4n) is 3.55. The second-order valence-electron chi connectivity index (χ2n) is 7.61. The van der Waals surface area contributed by atoms with Gasteiger partial charge in [-0.25, -0.2) is 4.98 Å². The highest BCUT2D eigenvalue weighted by Gasteiger charge is 2.23. The van der Waals surface area contributed by atoms with Gasteiger partial charge in [0, 0.05) is 55.8 Å². The molecule has 2 heterocycles. The third-order valence-electron chi connectivity index (χ3n) is 5.39. The Bertz CT molecular complexity index is 1030. The summed E-state index contributed by atoms with van der Waals surface area (Å²) >= 11 is 7.50. The van der Waals surface area contributed by atoms with Crippen LogP contribution in [0.2, 0.25) is 5.02 Å². The van der Waals surface area contributed by atoms with Gasteiger partial charge < -0.3 is 14.4 Å². The van der Waals surface area contributed by atoms with Crippen molar-refractivity contribution in [3.8, 4) is 16.3 Å². The Morgan fingerprint density at radius 3 is 2.62 bits per heavy atom. The zero-order valence-electron chi connectivity index (χ0n) is 18.0. The number of ether oxygens (including phenoxy) is 2. The van der Waals surface area contributed by atoms with Gasteiger partial charge in [-0.3, -0.25) is 9.69 Å². The minimum absolute atomic E-state index is 0.000340. The molecule has 0 N–H and O–H groups in total. The van der Waals surface area contributed by atoms with E-state index < -0.39 is 0 Å². The van der Waals surface area contributed by atoms with Crippen molar-refractivity contribution in [3.05, 3.63) is 70.2 Å². The van der Waals surface area contributed by atoms with Gasteiger partial charge in [0.2, 0.25) is 0 Å². The second-order valence-corrected chi connectivity index (χ2v) is 8.90. The van der Waals surface area contributed by atoms with Crippen molar-refractivity contribution >= 4 is 28.8 Å². The first-order valence-electron chi connectivity index (χ1n) is 10.6. The van der Waals surface area contributed by atoms with Gasteiger partial charge in [0.05, 0.1) is 6.61 Å². The summed E-state index contributed by atoms with van der Waals surface area (Å²) in [7, 11) is 1.71. The van der Waals surface area contributed by atoms with Crippen LogP contribution in [0.3, 0.4) is 0 Å². The molecule has 168 valence electrons. The molecule has 0 aliphatic carbocycles. The molecule has 0 radical (unpaired) electrons. The van der Waals surface area contributed by atoms with E-state index >= 15 is 0 Å². The molecule has 1 amide bonds. The van der Waals surface area contributed by atoms with Crippen molar-refractivity contribution in [2.75, 3.05) is 46.4 Å². The summed E-state index contributed by atoms with van der Waals surface area (Å²) in [5.41, 5.74) is 2.49. The van der Waals surface area contributed by atoms with Gasteiger partial charge in [0.25, 0.3) is 5.91 Å². The maximum atomic E-state index is 12.9. The largest absolute Gasteiger partial charge is 0.489 e. The van der Waals surface area contributed by atoms with Crippen LogP contribution in [0.4, 0.5) is 0 Å². The summed E-state index contributed by atoms with van der Waals surface area (Å²) in [6.07, 6.45) is 0. The standard InChI is InChI=1S/C24H26ClN3O3S/c1-30-14-13-27-9-11-28(12-10-27)24(29)22-17-32-23(26-22)19-5-7-21(8-6-19)31-16-18-3-2-4-20(25)15-18/h2-8,15,17H,9-14,16H2,1H3. The lowest BCUT2D eigenvalue weighted by Crippen LogP contribution is -2.49. The molecular weight excluding hydrogens is 446 g/mol. The monoisotopic (exact) mass is 471 g/mol. The predicted molar refractivity (Wildman–Crippen MR) is 128 cm³/mol. The first-order valence-corrected chi connectivity index (χ1v) is 11.8. The average molecular weight is 472 g/mol. The summed E-state index contributed by atoms with van der Waals surface area (Å²) in [5, 5.41) is 3.37. The van der Waals surface area contributed by atoms with Crippen LogP contribution in [-0.2, 0) is 11.3 Å². The lowest BCUT2D eigenvalue weighted by molar-refractivity contribution is 0.0589. The predicted octanol–water partition coefficient (Wildman–Crippen LogP) is 4.45. The Kier molecular flexibility index (Phi) is 7.76. The van der Waals surface area contributed by atoms with Crippen LogP contribution in [0.15, 0.2) is 53.9 Å². The first kappa shape index (κ1) is 22.7. The second kappa shape index (κ2) is 10.9. The van der Waals surface area contributed by atoms with Crippen LogP contribution >= 0.6 is 22.9 Å². The maximum absolute atomic E-state index is 12.9. The van der Waals surface area contributed by atoms with Gasteiger partial charge in [-0.2, -0.15) is 0 Å². The molecule has 0 spiro atoms. The fourth-order valence-corrected chi connectivity index (χ4v) is 4.56. The Morgan fingerprint density at radius 1 is 1.12 bits per heavy atom. The van der Waals surface area contributed by atoms with Gasteiger partial charge in [-0.15, -0.1) is 11.3 Å². The number of piperazine rings is 1. The van der Waals surface area contributed by atoms with E-state index in [4.69, 9.17) is 21.1 Å². The van der Waals surface area contributed by atoms with Crippen molar-refractivity contribution < 1.29 is 14.3 Å². The molecular formula is C24H26ClN3O3S. The third-order valence-corrected chi connectivity index (χ3v) is 6.52. The molecule has 6 nitrogen and oxygen atoms in total. The van der Waals surface area contributed by atoms with Crippen LogP contribution in [-0.4, -0.2) is 67.1 Å². The van der Waals surface area contributed by atoms with E-state index in [0.29, 0.717) is 37.0 Å². The van der Waals surface area contributed by atoms with E-state index in [0.717, 1.165) is 41.5 Å². The molecule has 3 aromatic rings. The van der Waals surface area contributed by atoms with Crippen molar-refractivity contribution in [3.63, 3.8) is 0 Å². The van der Waals surface area contributed by atoms with E-state index in [1.165, 1.54) is 11.3 Å². The number of carbonyl (C=O) groups excluding carboxylic acids is 1. The van der Waals surface area contributed by atoms with Crippen molar-refractivity contribution in [2.24, 2.45) is 0 Å². The molecule has 0 bridgehead atoms. The topological polar surface area (TPSA) is 54.9 Å². The van der Waals surface area contributed by atoms with Crippen LogP contribution in [0.5, 0.6) is 5.75 Å². The Morgan fingerprint density at radius 2 is 1.91 bits per heavy atom. The van der Waals surface area contributed by atoms with E-state index in [2.05, 4.69) is 9.88 Å². The van der Waals surface area contributed by atoms with Gasteiger partial charge in [0.1, 0.15) is 23.1 Å². The highest BCUT2D eigenvalue weighted by Crippen LogP contribution is 2.27. The Hall–Kier alpha value is -2.45. The third kappa shape index (κ3) is 5.86. The number of hydrogen-bond acceptors (Lipinski definition) is 6. The Labute approximate surface area is 197 Å². The van der Waals surface area contributed by atoms with Crippen LogP contribution in [0.1, 0.15) is 16.1 Å². The first-order chi connectivity index (χ1) is 15.6. The van der Waals surface area contributed by atoms with Crippen molar-refractivity contribution in [1.29, 1.82) is 0 Å². The zero-order valence-corrected chi connectivity index (χ0v) is 19.6. The smallest absolute Gasteiger partial charge is 0.273 e. The van der Waals surface area contributed by atoms with Crippen molar-refractivity contribution in [1.82, 2.24) is 14.8 Å². The number of halogens is 1. The molecule has 0 saturated carbocycles. The molecule has 1 saturated heterocycles. The molecule has 4 rings (SSSR count). The molecule has 8 heteroatoms. The number of thiazole rings is 1. The highest BCUT2D eigenvalue weighted by atomic mass is 35.5. The summed E-state index contributed by atoms with van der Waals surface area (Å²) < 4.78 is 11.0. The summed E-state index contributed by atoms with van der Waals surface area (Å²) in [6.45, 7) is 5.23. The number of nitrogens with zero attached hydrogens (tertiary/aromatic N) is 3. The summed E-state index contributed by atoms with van der Waals surface area (Å²) in [5.74, 6) is 0.772. The summed E-state index contributed by atoms with van der Waals surface area (Å²) in [6, 6.07) is 15.4. The van der Waals surface area contributed by atoms with E-state index in [1.54, 1.807) is 7.11 Å². The SMILES string of the molecule is COCCN1CCN(C(=O)c2csc(-c3ccc(OCc4cccc(Cl)c4)cc3)n2)CC1. The average Bonchev–Trinajstić information content (AvgIpc) is 3.32. The lowest BCUT2D eigenvalue weighted by atomic mass is 10.2. The number of hydrogen-bond donors (Lipinski definition) is 0. The van der Waals surface area contributed by atoms with E-state index in [-0.39, 0.29) is 5.91 Å². The lowest BCUT2D eigenvalue weighted by Gasteiger charge is -2.34. The highest BCUT2D eigenvalue weighted by molar-refractivity contribution is 7.13. The molecule has 1 aliphatic heterocycles. The van der Waals surface area contributed by atoms with Crippen molar-refractivity contribution in [2.45, 2.75) is 6.61 Å². The molecule has 0 unspecified atom stereocenters. The molecule has 1 aliphatic rings. The zero-order chi connectivity index (χ0) is 22.3. The number of amides is 1. The van der Waals surface area contributed by atoms with Crippen LogP contribution < -0.4 is 4.74 Å². The minimum Gasteiger partial charge on any atom is -0.489 e. The quantitative estimate of drug-likeness (QED) is 0.486. The fraction of sp³-hybridized carbons (Fsp3) is 0.333. The van der Waals surface area contributed by atoms with E-state index in [1.807, 2.05) is 58.8 Å². The molecule has 2 aromatic carbocycles. The van der Waals surface area contributed by atoms with Crippen LogP contribution in [0, 0.1) is 0 Å². The van der Waals surface area contributed by atoms with Gasteiger partial charge in [-0.05, 0) is 42.0 Å². The minimum atomic E-state index is 0.000340. The van der Waals surface area contributed by atoms with Gasteiger partial charge >= 0.3 is 0 Å². The normalized spacial score (nSPS) is 14.5. The number of aromatic nitrogens is 1. The van der Waals surface area contributed by atoms with E-state index in [9.17, 15) is 4.79 Å². The van der Waals surface area contributed by atoms with Crippen LogP contribution in [0.25, 0.3) is 10.6 Å².